The van der Waals surface area contributed by atoms with Gasteiger partial charge in [0.1, 0.15) is 5.82 Å². The fourth-order valence-electron chi connectivity index (χ4n) is 3.33. The molecule has 2 unspecified atom stereocenters. The maximum absolute atomic E-state index is 13.0. The van der Waals surface area contributed by atoms with Crippen molar-refractivity contribution in [3.63, 3.8) is 0 Å². The Kier molecular flexibility index (Phi) is 3.53. The molecule has 1 saturated heterocycles. The van der Waals surface area contributed by atoms with E-state index in [9.17, 15) is 4.79 Å². The monoisotopic (exact) mass is 283 g/mol. The van der Waals surface area contributed by atoms with Crippen LogP contribution in [0.3, 0.4) is 0 Å². The normalized spacial score (nSPS) is 22.5. The number of anilines is 1. The van der Waals surface area contributed by atoms with Crippen LogP contribution in [0.2, 0.25) is 0 Å². The van der Waals surface area contributed by atoms with E-state index in [2.05, 4.69) is 18.8 Å². The van der Waals surface area contributed by atoms with Gasteiger partial charge in [-0.25, -0.2) is 4.98 Å². The number of aromatic nitrogens is 1. The smallest absolute Gasteiger partial charge is 0.255 e. The van der Waals surface area contributed by atoms with E-state index in [1.54, 1.807) is 6.07 Å². The quantitative estimate of drug-likeness (QED) is 0.874. The molecular weight excluding hydrogens is 262 g/mol. The summed E-state index contributed by atoms with van der Waals surface area (Å²) in [6.07, 6.45) is 3.31. The topological polar surface area (TPSA) is 59.2 Å². The van der Waals surface area contributed by atoms with E-state index in [0.717, 1.165) is 23.7 Å². The molecule has 4 heteroatoms. The highest BCUT2D eigenvalue weighted by molar-refractivity contribution is 6.07. The number of piperidine rings is 1. The van der Waals surface area contributed by atoms with Crippen LogP contribution in [0.15, 0.2) is 30.3 Å². The van der Waals surface area contributed by atoms with Crippen LogP contribution in [0.1, 0.15) is 43.5 Å². The van der Waals surface area contributed by atoms with Gasteiger partial charge in [0.05, 0.1) is 11.1 Å². The van der Waals surface area contributed by atoms with Crippen molar-refractivity contribution >= 4 is 22.6 Å². The van der Waals surface area contributed by atoms with Gasteiger partial charge in [-0.2, -0.15) is 0 Å². The number of carbonyl (C=O) groups excluding carboxylic acids is 1. The molecule has 3 rings (SSSR count). The number of benzene rings is 1. The Morgan fingerprint density at radius 3 is 2.62 bits per heavy atom. The average molecular weight is 283 g/mol. The van der Waals surface area contributed by atoms with Crippen molar-refractivity contribution in [1.82, 2.24) is 9.88 Å². The first-order valence-corrected chi connectivity index (χ1v) is 7.56. The van der Waals surface area contributed by atoms with Crippen molar-refractivity contribution in [2.24, 2.45) is 0 Å². The van der Waals surface area contributed by atoms with Crippen LogP contribution in [-0.2, 0) is 0 Å². The molecule has 2 N–H and O–H groups in total. The zero-order chi connectivity index (χ0) is 15.0. The summed E-state index contributed by atoms with van der Waals surface area (Å²) in [5.74, 6) is 0.467. The molecule has 0 saturated carbocycles. The summed E-state index contributed by atoms with van der Waals surface area (Å²) in [5, 5.41) is 0.877. The van der Waals surface area contributed by atoms with E-state index < -0.39 is 0 Å². The molecule has 1 aromatic carbocycles. The number of rotatable bonds is 1. The van der Waals surface area contributed by atoms with Crippen LogP contribution in [0.25, 0.3) is 10.9 Å². The van der Waals surface area contributed by atoms with E-state index in [4.69, 9.17) is 5.73 Å². The predicted octanol–water partition coefficient (Wildman–Crippen LogP) is 3.22. The molecule has 0 bridgehead atoms. The third kappa shape index (κ3) is 2.46. The number of para-hydroxylation sites is 1. The van der Waals surface area contributed by atoms with E-state index in [1.165, 1.54) is 6.42 Å². The molecule has 1 aliphatic heterocycles. The number of fused-ring (bicyclic) bond motifs is 1. The summed E-state index contributed by atoms with van der Waals surface area (Å²) in [7, 11) is 0. The minimum atomic E-state index is 0.0694. The lowest BCUT2D eigenvalue weighted by Crippen LogP contribution is -2.47. The largest absolute Gasteiger partial charge is 0.384 e. The number of amides is 1. The lowest BCUT2D eigenvalue weighted by atomic mass is 9.95. The van der Waals surface area contributed by atoms with E-state index in [-0.39, 0.29) is 18.0 Å². The SMILES string of the molecule is CC1CCCC(C)N1C(=O)c1cc(N)nc2ccccc12. The van der Waals surface area contributed by atoms with Gasteiger partial charge in [-0.1, -0.05) is 18.2 Å². The maximum Gasteiger partial charge on any atom is 0.255 e. The van der Waals surface area contributed by atoms with Crippen molar-refractivity contribution in [3.05, 3.63) is 35.9 Å². The van der Waals surface area contributed by atoms with Crippen LogP contribution in [0, 0.1) is 0 Å². The van der Waals surface area contributed by atoms with Gasteiger partial charge in [0.15, 0.2) is 0 Å². The first kappa shape index (κ1) is 13.9. The van der Waals surface area contributed by atoms with E-state index >= 15 is 0 Å². The highest BCUT2D eigenvalue weighted by atomic mass is 16.2. The van der Waals surface area contributed by atoms with Gasteiger partial charge in [-0.15, -0.1) is 0 Å². The lowest BCUT2D eigenvalue weighted by Gasteiger charge is -2.39. The number of hydrogen-bond donors (Lipinski definition) is 1. The standard InChI is InChI=1S/C17H21N3O/c1-11-6-5-7-12(2)20(11)17(21)14-10-16(18)19-15-9-4-3-8-13(14)15/h3-4,8-12H,5-7H2,1-2H3,(H2,18,19). The second kappa shape index (κ2) is 5.35. The van der Waals surface area contributed by atoms with Gasteiger partial charge in [-0.3, -0.25) is 4.79 Å². The fraction of sp³-hybridized carbons (Fsp3) is 0.412. The number of pyridine rings is 1. The molecule has 1 aliphatic rings. The molecule has 110 valence electrons. The molecule has 0 aliphatic carbocycles. The van der Waals surface area contributed by atoms with Gasteiger partial charge in [0, 0.05) is 17.5 Å². The molecule has 2 atom stereocenters. The van der Waals surface area contributed by atoms with Crippen molar-refractivity contribution in [1.29, 1.82) is 0 Å². The Morgan fingerprint density at radius 2 is 1.90 bits per heavy atom. The zero-order valence-electron chi connectivity index (χ0n) is 12.5. The van der Waals surface area contributed by atoms with E-state index in [1.807, 2.05) is 29.2 Å². The lowest BCUT2D eigenvalue weighted by molar-refractivity contribution is 0.0513. The summed E-state index contributed by atoms with van der Waals surface area (Å²) < 4.78 is 0. The second-order valence-corrected chi connectivity index (χ2v) is 5.95. The predicted molar refractivity (Wildman–Crippen MR) is 85.1 cm³/mol. The van der Waals surface area contributed by atoms with Crippen LogP contribution in [0.4, 0.5) is 5.82 Å². The minimum absolute atomic E-state index is 0.0694. The molecule has 4 nitrogen and oxygen atoms in total. The number of nitrogen functional groups attached to an aromatic ring is 1. The van der Waals surface area contributed by atoms with Crippen LogP contribution >= 0.6 is 0 Å². The molecule has 1 fully saturated rings. The second-order valence-electron chi connectivity index (χ2n) is 5.95. The summed E-state index contributed by atoms with van der Waals surface area (Å²) in [5.41, 5.74) is 7.32. The molecular formula is C17H21N3O. The molecule has 0 spiro atoms. The summed E-state index contributed by atoms with van der Waals surface area (Å²) >= 11 is 0. The van der Waals surface area contributed by atoms with Crippen molar-refractivity contribution in [3.8, 4) is 0 Å². The first-order valence-electron chi connectivity index (χ1n) is 7.56. The molecule has 1 aromatic heterocycles. The average Bonchev–Trinajstić information content (AvgIpc) is 2.46. The van der Waals surface area contributed by atoms with Gasteiger partial charge < -0.3 is 10.6 Å². The van der Waals surface area contributed by atoms with E-state index in [0.29, 0.717) is 11.4 Å². The Bertz CT molecular complexity index is 673. The Balaban J connectivity index is 2.09. The molecule has 2 heterocycles. The fourth-order valence-corrected chi connectivity index (χ4v) is 3.33. The van der Waals surface area contributed by atoms with Crippen molar-refractivity contribution in [2.45, 2.75) is 45.2 Å². The van der Waals surface area contributed by atoms with Crippen LogP contribution < -0.4 is 5.73 Å². The number of carbonyl (C=O) groups is 1. The Labute approximate surface area is 125 Å². The van der Waals surface area contributed by atoms with Gasteiger partial charge in [0.2, 0.25) is 0 Å². The third-order valence-electron chi connectivity index (χ3n) is 4.39. The Hall–Kier alpha value is -2.10. The highest BCUT2D eigenvalue weighted by Crippen LogP contribution is 2.27. The number of likely N-dealkylation sites (tertiary alicyclic amines) is 1. The number of nitrogens with zero attached hydrogens (tertiary/aromatic N) is 2. The third-order valence-corrected chi connectivity index (χ3v) is 4.39. The molecule has 1 amide bonds. The summed E-state index contributed by atoms with van der Waals surface area (Å²) in [6.45, 7) is 4.25. The molecule has 21 heavy (non-hydrogen) atoms. The zero-order valence-corrected chi connectivity index (χ0v) is 12.5. The number of hydrogen-bond acceptors (Lipinski definition) is 3. The van der Waals surface area contributed by atoms with Crippen molar-refractivity contribution in [2.75, 3.05) is 5.73 Å². The highest BCUT2D eigenvalue weighted by Gasteiger charge is 2.30. The summed E-state index contributed by atoms with van der Waals surface area (Å²) in [4.78, 5) is 19.3. The minimum Gasteiger partial charge on any atom is -0.384 e. The van der Waals surface area contributed by atoms with Gasteiger partial charge in [0.25, 0.3) is 5.91 Å². The first-order chi connectivity index (χ1) is 10.1. The Morgan fingerprint density at radius 1 is 1.24 bits per heavy atom. The van der Waals surface area contributed by atoms with Crippen LogP contribution in [-0.4, -0.2) is 27.9 Å². The maximum atomic E-state index is 13.0. The van der Waals surface area contributed by atoms with Gasteiger partial charge >= 0.3 is 0 Å². The molecule has 0 radical (unpaired) electrons. The number of nitrogens with two attached hydrogens (primary N) is 1. The van der Waals surface area contributed by atoms with Crippen LogP contribution in [0.5, 0.6) is 0 Å². The molecule has 2 aromatic rings. The summed E-state index contributed by atoms with van der Waals surface area (Å²) in [6, 6.07) is 9.93. The van der Waals surface area contributed by atoms with Crippen molar-refractivity contribution < 1.29 is 4.79 Å². The van der Waals surface area contributed by atoms with Gasteiger partial charge in [-0.05, 0) is 45.2 Å².